The molecule has 2 aromatic rings. The molecule has 1 aromatic carbocycles. The van der Waals surface area contributed by atoms with Crippen LogP contribution < -0.4 is 4.84 Å². The lowest BCUT2D eigenvalue weighted by Crippen LogP contribution is -2.45. The van der Waals surface area contributed by atoms with Crippen molar-refractivity contribution in [3.63, 3.8) is 0 Å². The molecule has 1 unspecified atom stereocenters. The number of fused-ring (bicyclic) bond motifs is 1. The van der Waals surface area contributed by atoms with E-state index in [9.17, 15) is 0 Å². The van der Waals surface area contributed by atoms with Crippen LogP contribution in [0.1, 0.15) is 19.4 Å². The third-order valence-corrected chi connectivity index (χ3v) is 4.57. The molecule has 5 nitrogen and oxygen atoms in total. The Bertz CT molecular complexity index is 680. The number of aromatic nitrogens is 1. The molecule has 3 rings (SSSR count). The second kappa shape index (κ2) is 9.47. The van der Waals surface area contributed by atoms with E-state index in [1.165, 1.54) is 10.9 Å². The fourth-order valence-corrected chi connectivity index (χ4v) is 2.94. The number of benzene rings is 1. The summed E-state index contributed by atoms with van der Waals surface area (Å²) in [6.07, 6.45) is 11.1. The molecule has 1 N–H and O–H groups in total. The average Bonchev–Trinajstić information content (AvgIpc) is 3.07. The van der Waals surface area contributed by atoms with Crippen LogP contribution in [0.2, 0.25) is 0 Å². The number of hydroxylamine groups is 2. The van der Waals surface area contributed by atoms with E-state index >= 15 is 0 Å². The van der Waals surface area contributed by atoms with Crippen LogP contribution in [0.25, 0.3) is 10.9 Å². The van der Waals surface area contributed by atoms with Gasteiger partial charge in [-0.05, 0) is 44.6 Å². The van der Waals surface area contributed by atoms with Crippen molar-refractivity contribution in [1.82, 2.24) is 14.9 Å². The summed E-state index contributed by atoms with van der Waals surface area (Å²) >= 11 is 0. The Morgan fingerprint density at radius 1 is 1.40 bits per heavy atom. The molecule has 0 bridgehead atoms. The van der Waals surface area contributed by atoms with Crippen molar-refractivity contribution < 1.29 is 9.57 Å². The molecular weight excluding hydrogens is 314 g/mol. The summed E-state index contributed by atoms with van der Waals surface area (Å²) in [6.45, 7) is 8.68. The van der Waals surface area contributed by atoms with Crippen LogP contribution in [0.4, 0.5) is 0 Å². The average molecular weight is 343 g/mol. The number of hydrogen-bond acceptors (Lipinski definition) is 4. The van der Waals surface area contributed by atoms with Gasteiger partial charge in [-0.1, -0.05) is 13.0 Å². The van der Waals surface area contributed by atoms with Crippen molar-refractivity contribution in [2.45, 2.75) is 26.3 Å². The maximum atomic E-state index is 6.23. The van der Waals surface area contributed by atoms with Gasteiger partial charge in [0.05, 0.1) is 25.8 Å². The van der Waals surface area contributed by atoms with Crippen LogP contribution in [-0.2, 0) is 11.2 Å². The van der Waals surface area contributed by atoms with E-state index in [1.807, 2.05) is 11.1 Å². The minimum absolute atomic E-state index is 0.271. The maximum absolute atomic E-state index is 6.23. The first-order chi connectivity index (χ1) is 12.2. The molecule has 1 aromatic heterocycles. The first-order valence-electron chi connectivity index (χ1n) is 8.82. The van der Waals surface area contributed by atoms with E-state index < -0.39 is 0 Å². The van der Waals surface area contributed by atoms with Crippen molar-refractivity contribution >= 4 is 10.9 Å². The second-order valence-corrected chi connectivity index (χ2v) is 6.29. The number of aromatic amines is 1. The number of morpholine rings is 1. The first kappa shape index (κ1) is 19.3. The highest BCUT2D eigenvalue weighted by molar-refractivity contribution is 5.89. The third kappa shape index (κ3) is 4.76. The summed E-state index contributed by atoms with van der Waals surface area (Å²) in [7, 11) is 2.15. The molecule has 1 aliphatic heterocycles. The van der Waals surface area contributed by atoms with E-state index in [1.54, 1.807) is 0 Å². The predicted octanol–water partition coefficient (Wildman–Crippen LogP) is 2.93. The molecule has 136 valence electrons. The van der Waals surface area contributed by atoms with Crippen LogP contribution in [0, 0.1) is 12.8 Å². The van der Waals surface area contributed by atoms with Gasteiger partial charge in [0, 0.05) is 23.6 Å². The van der Waals surface area contributed by atoms with E-state index in [2.05, 4.69) is 62.0 Å². The number of nitrogens with one attached hydrogen (secondary N) is 1. The van der Waals surface area contributed by atoms with Gasteiger partial charge < -0.3 is 19.5 Å². The highest BCUT2D eigenvalue weighted by Gasteiger charge is 2.22. The number of H-pyrrole nitrogens is 1. The number of likely N-dealkylation sites (N-methyl/N-ethyl adjacent to an activating group) is 1. The van der Waals surface area contributed by atoms with Gasteiger partial charge >= 0.3 is 0 Å². The van der Waals surface area contributed by atoms with Gasteiger partial charge in [-0.25, -0.2) is 0 Å². The highest BCUT2D eigenvalue weighted by atomic mass is 16.7. The third-order valence-electron chi connectivity index (χ3n) is 4.57. The summed E-state index contributed by atoms with van der Waals surface area (Å²) in [6, 6.07) is 6.48. The molecule has 0 aliphatic carbocycles. The predicted molar refractivity (Wildman–Crippen MR) is 103 cm³/mol. The fraction of sp³-hybridized carbons (Fsp3) is 0.500. The van der Waals surface area contributed by atoms with Gasteiger partial charge in [-0.2, -0.15) is 0 Å². The molecule has 1 saturated heterocycles. The Balaban J connectivity index is 0.00000109. The van der Waals surface area contributed by atoms with E-state index in [0.29, 0.717) is 0 Å². The molecule has 0 amide bonds. The lowest BCUT2D eigenvalue weighted by Gasteiger charge is -2.32. The van der Waals surface area contributed by atoms with Crippen LogP contribution in [0.5, 0.6) is 5.75 Å². The summed E-state index contributed by atoms with van der Waals surface area (Å²) < 4.78 is 5.49. The van der Waals surface area contributed by atoms with Crippen molar-refractivity contribution in [1.29, 1.82) is 0 Å². The number of ether oxygens (including phenoxy) is 1. The smallest absolute Gasteiger partial charge is 0.157 e. The Labute approximate surface area is 150 Å². The van der Waals surface area contributed by atoms with E-state index in [-0.39, 0.29) is 6.04 Å². The molecule has 0 spiro atoms. The number of rotatable bonds is 6. The minimum Gasteiger partial charge on any atom is -0.405 e. The molecule has 5 heteroatoms. The lowest BCUT2D eigenvalue weighted by molar-refractivity contribution is -0.151. The minimum atomic E-state index is 0.271. The summed E-state index contributed by atoms with van der Waals surface area (Å²) in [4.78, 5) is 11.9. The molecule has 2 heterocycles. The van der Waals surface area contributed by atoms with Crippen LogP contribution in [-0.4, -0.2) is 60.9 Å². The number of terminal acetylenes is 1. The zero-order valence-corrected chi connectivity index (χ0v) is 15.5. The monoisotopic (exact) mass is 343 g/mol. The SMILES string of the molecule is C#C.CCN(C)CCc1c[nH]c2cccc(ON3CCOCC3C)c12. The Morgan fingerprint density at radius 2 is 2.20 bits per heavy atom. The maximum Gasteiger partial charge on any atom is 0.157 e. The van der Waals surface area contributed by atoms with Crippen LogP contribution >= 0.6 is 0 Å². The van der Waals surface area contributed by atoms with Crippen molar-refractivity contribution in [2.75, 3.05) is 39.9 Å². The Kier molecular flexibility index (Phi) is 7.32. The molecule has 25 heavy (non-hydrogen) atoms. The number of hydrogen-bond donors (Lipinski definition) is 1. The van der Waals surface area contributed by atoms with Crippen molar-refractivity contribution in [3.05, 3.63) is 30.0 Å². The molecule has 0 saturated carbocycles. The van der Waals surface area contributed by atoms with Gasteiger partial charge in [0.15, 0.2) is 5.75 Å². The molecule has 1 aliphatic rings. The summed E-state index contributed by atoms with van der Waals surface area (Å²) in [5.41, 5.74) is 2.45. The van der Waals surface area contributed by atoms with Crippen molar-refractivity contribution in [3.8, 4) is 18.6 Å². The normalized spacial score (nSPS) is 18.1. The van der Waals surface area contributed by atoms with E-state index in [4.69, 9.17) is 9.57 Å². The van der Waals surface area contributed by atoms with Gasteiger partial charge in [-0.3, -0.25) is 0 Å². The topological polar surface area (TPSA) is 40.7 Å². The fourth-order valence-electron chi connectivity index (χ4n) is 2.94. The van der Waals surface area contributed by atoms with Gasteiger partial charge in [-0.15, -0.1) is 17.9 Å². The second-order valence-electron chi connectivity index (χ2n) is 6.29. The van der Waals surface area contributed by atoms with Crippen LogP contribution in [0.15, 0.2) is 24.4 Å². The van der Waals surface area contributed by atoms with Crippen LogP contribution in [0.3, 0.4) is 0 Å². The van der Waals surface area contributed by atoms with E-state index in [0.717, 1.165) is 50.5 Å². The zero-order valence-electron chi connectivity index (χ0n) is 15.5. The van der Waals surface area contributed by atoms with Gasteiger partial charge in [0.2, 0.25) is 0 Å². The van der Waals surface area contributed by atoms with Crippen molar-refractivity contribution in [2.24, 2.45) is 0 Å². The van der Waals surface area contributed by atoms with Gasteiger partial charge in [0.25, 0.3) is 0 Å². The Morgan fingerprint density at radius 3 is 2.92 bits per heavy atom. The summed E-state index contributed by atoms with van der Waals surface area (Å²) in [5, 5.41) is 3.24. The molecular formula is C20H29N3O2. The zero-order chi connectivity index (χ0) is 18.2. The quantitative estimate of drug-likeness (QED) is 0.819. The number of nitrogens with zero attached hydrogens (tertiary/aromatic N) is 2. The first-order valence-corrected chi connectivity index (χ1v) is 8.82. The molecule has 0 radical (unpaired) electrons. The molecule has 1 fully saturated rings. The highest BCUT2D eigenvalue weighted by Crippen LogP contribution is 2.30. The standard InChI is InChI=1S/C18H27N3O2.C2H2/c1-4-20(3)9-8-15-12-19-16-6-5-7-17(18(15)16)23-21-10-11-22-13-14(21)2;1-2/h5-7,12,14,19H,4,8-11,13H2,1-3H3;1-2H. The largest absolute Gasteiger partial charge is 0.405 e. The lowest BCUT2D eigenvalue weighted by atomic mass is 10.1. The van der Waals surface area contributed by atoms with Gasteiger partial charge in [0.1, 0.15) is 0 Å². The summed E-state index contributed by atoms with van der Waals surface area (Å²) in [5.74, 6) is 0.937. The Hall–Kier alpha value is -2.00. The molecule has 1 atom stereocenters.